The van der Waals surface area contributed by atoms with E-state index in [0.29, 0.717) is 6.42 Å². The van der Waals surface area contributed by atoms with Crippen molar-refractivity contribution >= 4 is 17.3 Å². The number of hydrogen-bond donors (Lipinski definition) is 5. The molecular weight excluding hydrogens is 546 g/mol. The number of hydrogen-bond acceptors (Lipinski definition) is 11. The highest BCUT2D eigenvalue weighted by Crippen LogP contribution is 2.53. The maximum absolute atomic E-state index is 14.0. The zero-order valence-corrected chi connectivity index (χ0v) is 24.0. The quantitative estimate of drug-likeness (QED) is 0.273. The summed E-state index contributed by atoms with van der Waals surface area (Å²) in [5.74, 6) is -2.69. The molecule has 11 heteroatoms. The second-order valence-corrected chi connectivity index (χ2v) is 11.9. The SMILES string of the molecule is COc1cccc2c1C(=O)c1c(O)c3c(c(OC(C)C)c1C2=O)C[C@@](O)(C(=O)CO)C[C@@H]3OC1C[C@@H](C)[C@@H](O)[C@@H](N)C1. The van der Waals surface area contributed by atoms with Gasteiger partial charge in [0, 0.05) is 35.6 Å². The number of ether oxygens (including phenoxy) is 3. The van der Waals surface area contributed by atoms with Crippen LogP contribution >= 0.6 is 0 Å². The van der Waals surface area contributed by atoms with E-state index in [1.807, 2.05) is 6.92 Å². The zero-order valence-electron chi connectivity index (χ0n) is 24.0. The van der Waals surface area contributed by atoms with Crippen LogP contribution in [0.25, 0.3) is 0 Å². The number of fused-ring (bicyclic) bond motifs is 3. The minimum Gasteiger partial charge on any atom is -0.507 e. The Bertz CT molecular complexity index is 1440. The summed E-state index contributed by atoms with van der Waals surface area (Å²) in [6.07, 6.45) is -2.95. The lowest BCUT2D eigenvalue weighted by molar-refractivity contribution is -0.151. The number of phenols is 1. The Morgan fingerprint density at radius 2 is 1.86 bits per heavy atom. The molecule has 0 bridgehead atoms. The van der Waals surface area contributed by atoms with Crippen molar-refractivity contribution in [3.63, 3.8) is 0 Å². The van der Waals surface area contributed by atoms with Crippen LogP contribution in [0.2, 0.25) is 0 Å². The number of aromatic hydroxyl groups is 1. The average Bonchev–Trinajstić information content (AvgIpc) is 2.94. The number of methoxy groups -OCH3 is 1. The fraction of sp³-hybridized carbons (Fsp3) is 0.516. The molecule has 2 aromatic rings. The lowest BCUT2D eigenvalue weighted by Gasteiger charge is -2.42. The molecule has 0 aromatic heterocycles. The van der Waals surface area contributed by atoms with E-state index in [0.717, 1.165) is 0 Å². The van der Waals surface area contributed by atoms with Gasteiger partial charge in [-0.15, -0.1) is 0 Å². The van der Waals surface area contributed by atoms with Crippen LogP contribution in [0.4, 0.5) is 0 Å². The predicted octanol–water partition coefficient (Wildman–Crippen LogP) is 1.75. The maximum atomic E-state index is 14.0. The molecule has 3 aliphatic rings. The molecule has 226 valence electrons. The van der Waals surface area contributed by atoms with Gasteiger partial charge in [-0.3, -0.25) is 14.4 Å². The fourth-order valence-electron chi connectivity index (χ4n) is 6.60. The highest BCUT2D eigenvalue weighted by molar-refractivity contribution is 6.31. The van der Waals surface area contributed by atoms with Gasteiger partial charge in [0.2, 0.25) is 5.78 Å². The van der Waals surface area contributed by atoms with Crippen molar-refractivity contribution in [2.45, 2.75) is 82.5 Å². The van der Waals surface area contributed by atoms with Crippen LogP contribution in [0.3, 0.4) is 0 Å². The Hall–Kier alpha value is -3.35. The molecular formula is C31H37NO10. The third-order valence-electron chi connectivity index (χ3n) is 8.62. The Morgan fingerprint density at radius 3 is 2.48 bits per heavy atom. The van der Waals surface area contributed by atoms with Gasteiger partial charge in [-0.25, -0.2) is 0 Å². The summed E-state index contributed by atoms with van der Waals surface area (Å²) in [5.41, 5.74) is 3.91. The third kappa shape index (κ3) is 4.79. The smallest absolute Gasteiger partial charge is 0.202 e. The first-order valence-electron chi connectivity index (χ1n) is 14.1. The summed E-state index contributed by atoms with van der Waals surface area (Å²) < 4.78 is 17.9. The monoisotopic (exact) mass is 583 g/mol. The summed E-state index contributed by atoms with van der Waals surface area (Å²) >= 11 is 0. The van der Waals surface area contributed by atoms with Crippen molar-refractivity contribution < 1.29 is 49.0 Å². The molecule has 2 aromatic carbocycles. The Morgan fingerprint density at radius 1 is 1.14 bits per heavy atom. The van der Waals surface area contributed by atoms with Gasteiger partial charge in [0.25, 0.3) is 0 Å². The molecule has 0 aliphatic heterocycles. The number of carbonyl (C=O) groups is 3. The van der Waals surface area contributed by atoms with Crippen molar-refractivity contribution in [2.75, 3.05) is 13.7 Å². The minimum absolute atomic E-state index is 0.00422. The van der Waals surface area contributed by atoms with Crippen LogP contribution in [0.1, 0.15) is 89.1 Å². The second-order valence-electron chi connectivity index (χ2n) is 11.9. The molecule has 1 unspecified atom stereocenters. The van der Waals surface area contributed by atoms with Gasteiger partial charge in [-0.2, -0.15) is 0 Å². The largest absolute Gasteiger partial charge is 0.507 e. The van der Waals surface area contributed by atoms with Crippen molar-refractivity contribution in [1.29, 1.82) is 0 Å². The van der Waals surface area contributed by atoms with Crippen LogP contribution < -0.4 is 15.2 Å². The number of Topliss-reactive ketones (excluding diaryl/α,β-unsaturated/α-hetero) is 1. The Balaban J connectivity index is 1.75. The number of aliphatic hydroxyl groups excluding tert-OH is 2. The topological polar surface area (TPSA) is 186 Å². The number of nitrogens with two attached hydrogens (primary N) is 1. The number of phenolic OH excluding ortho intramolecular Hbond substituents is 1. The van der Waals surface area contributed by atoms with Gasteiger partial charge in [0.05, 0.1) is 48.2 Å². The van der Waals surface area contributed by atoms with E-state index < -0.39 is 72.2 Å². The lowest BCUT2D eigenvalue weighted by Crippen LogP contribution is -2.50. The second kappa shape index (κ2) is 11.1. The van der Waals surface area contributed by atoms with Gasteiger partial charge in [0.1, 0.15) is 29.5 Å². The van der Waals surface area contributed by atoms with Crippen LogP contribution in [0.15, 0.2) is 18.2 Å². The van der Waals surface area contributed by atoms with Crippen LogP contribution in [0, 0.1) is 5.92 Å². The van der Waals surface area contributed by atoms with E-state index in [-0.39, 0.29) is 63.6 Å². The van der Waals surface area contributed by atoms with E-state index in [9.17, 15) is 34.8 Å². The predicted molar refractivity (Wildman–Crippen MR) is 149 cm³/mol. The molecule has 0 heterocycles. The van der Waals surface area contributed by atoms with E-state index in [4.69, 9.17) is 19.9 Å². The normalized spacial score (nSPS) is 28.6. The first-order valence-corrected chi connectivity index (χ1v) is 14.1. The number of carbonyl (C=O) groups excluding carboxylic acids is 3. The van der Waals surface area contributed by atoms with Gasteiger partial charge in [-0.1, -0.05) is 19.1 Å². The molecule has 42 heavy (non-hydrogen) atoms. The average molecular weight is 584 g/mol. The standard InChI is InChI=1S/C31H37NO10/c1-13(2)41-30-17-10-31(39,21(34)12-33)11-20(42-15-8-14(3)26(35)18(32)9-15)23(17)29(38)24-25(30)27(36)16-6-5-7-19(40-4)22(16)28(24)37/h5-7,13-15,18,20,26,33,35,38-39H,8-12,32H2,1-4H3/t14-,15?,18+,20+,26-,31+/m1/s1. The van der Waals surface area contributed by atoms with Crippen LogP contribution in [-0.4, -0.2) is 81.4 Å². The van der Waals surface area contributed by atoms with E-state index >= 15 is 0 Å². The van der Waals surface area contributed by atoms with Gasteiger partial charge in [-0.05, 0) is 38.7 Å². The summed E-state index contributed by atoms with van der Waals surface area (Å²) in [7, 11) is 1.37. The highest BCUT2D eigenvalue weighted by atomic mass is 16.5. The molecule has 0 radical (unpaired) electrons. The Kier molecular flexibility index (Phi) is 7.92. The first kappa shape index (κ1) is 30.1. The number of benzene rings is 2. The molecule has 1 saturated carbocycles. The number of aliphatic hydroxyl groups is 3. The van der Waals surface area contributed by atoms with E-state index in [1.54, 1.807) is 26.0 Å². The Labute approximate surface area is 243 Å². The molecule has 11 nitrogen and oxygen atoms in total. The van der Waals surface area contributed by atoms with Crippen LogP contribution in [0.5, 0.6) is 17.2 Å². The van der Waals surface area contributed by atoms with E-state index in [2.05, 4.69) is 0 Å². The third-order valence-corrected chi connectivity index (χ3v) is 8.62. The molecule has 6 atom stereocenters. The summed E-state index contributed by atoms with van der Waals surface area (Å²) in [5, 5.41) is 43.4. The minimum atomic E-state index is -2.12. The van der Waals surface area contributed by atoms with Gasteiger partial charge < -0.3 is 40.4 Å². The van der Waals surface area contributed by atoms with Crippen molar-refractivity contribution in [2.24, 2.45) is 11.7 Å². The molecule has 1 fully saturated rings. The van der Waals surface area contributed by atoms with Gasteiger partial charge in [0.15, 0.2) is 11.6 Å². The fourth-order valence-corrected chi connectivity index (χ4v) is 6.60. The van der Waals surface area contributed by atoms with Crippen LogP contribution in [-0.2, 0) is 16.0 Å². The lowest BCUT2D eigenvalue weighted by atomic mass is 9.71. The first-order chi connectivity index (χ1) is 19.8. The van der Waals surface area contributed by atoms with Crippen molar-refractivity contribution in [1.82, 2.24) is 0 Å². The molecule has 5 rings (SSSR count). The summed E-state index contributed by atoms with van der Waals surface area (Å²) in [6, 6.07) is 4.02. The molecule has 0 amide bonds. The number of ketones is 3. The molecule has 3 aliphatic carbocycles. The summed E-state index contributed by atoms with van der Waals surface area (Å²) in [6.45, 7) is 4.32. The van der Waals surface area contributed by atoms with Gasteiger partial charge >= 0.3 is 0 Å². The summed E-state index contributed by atoms with van der Waals surface area (Å²) in [4.78, 5) is 40.9. The number of rotatable bonds is 7. The maximum Gasteiger partial charge on any atom is 0.202 e. The van der Waals surface area contributed by atoms with Crippen molar-refractivity contribution in [3.05, 3.63) is 51.6 Å². The highest BCUT2D eigenvalue weighted by Gasteiger charge is 2.50. The molecule has 6 N–H and O–H groups in total. The molecule has 0 spiro atoms. The van der Waals surface area contributed by atoms with Crippen molar-refractivity contribution in [3.8, 4) is 17.2 Å². The zero-order chi connectivity index (χ0) is 30.7. The molecule has 0 saturated heterocycles. The van der Waals surface area contributed by atoms with E-state index in [1.165, 1.54) is 13.2 Å².